The van der Waals surface area contributed by atoms with Gasteiger partial charge in [-0.25, -0.2) is 0 Å². The van der Waals surface area contributed by atoms with E-state index in [1.807, 2.05) is 0 Å². The lowest BCUT2D eigenvalue weighted by molar-refractivity contribution is -0.145. The quantitative estimate of drug-likeness (QED) is 0.521. The summed E-state index contributed by atoms with van der Waals surface area (Å²) in [6.45, 7) is 11.9. The monoisotopic (exact) mass is 284 g/mol. The van der Waals surface area contributed by atoms with Gasteiger partial charge in [-0.3, -0.25) is 9.69 Å². The number of unbranched alkanes of at least 4 members (excludes halogenated alkanes) is 1. The first-order valence-electron chi connectivity index (χ1n) is 8.20. The van der Waals surface area contributed by atoms with Crippen LogP contribution in [0.2, 0.25) is 0 Å². The molecule has 0 unspecified atom stereocenters. The first kappa shape index (κ1) is 17.4. The Kier molecular flexibility index (Phi) is 8.86. The number of esters is 1. The Balaban J connectivity index is 2.07. The maximum absolute atomic E-state index is 11.6. The van der Waals surface area contributed by atoms with Crippen molar-refractivity contribution in [2.75, 3.05) is 39.3 Å². The molecule has 4 heteroatoms. The van der Waals surface area contributed by atoms with Crippen LogP contribution in [0, 0.1) is 11.8 Å². The minimum Gasteiger partial charge on any atom is -0.465 e. The van der Waals surface area contributed by atoms with E-state index in [4.69, 9.17) is 4.74 Å². The fourth-order valence-corrected chi connectivity index (χ4v) is 2.48. The number of hydrogen-bond acceptors (Lipinski definition) is 4. The van der Waals surface area contributed by atoms with Crippen molar-refractivity contribution in [3.8, 4) is 0 Å². The molecule has 0 aromatic carbocycles. The Labute approximate surface area is 124 Å². The zero-order chi connectivity index (χ0) is 14.8. The van der Waals surface area contributed by atoms with Crippen molar-refractivity contribution >= 4 is 5.97 Å². The average molecular weight is 284 g/mol. The highest BCUT2D eigenvalue weighted by Gasteiger charge is 2.20. The number of nitrogens with one attached hydrogen (secondary N) is 1. The number of rotatable bonds is 9. The molecule has 0 aromatic rings. The summed E-state index contributed by atoms with van der Waals surface area (Å²) in [6.07, 6.45) is 4.41. The highest BCUT2D eigenvalue weighted by molar-refractivity contribution is 5.71. The third kappa shape index (κ3) is 7.85. The van der Waals surface area contributed by atoms with Crippen molar-refractivity contribution in [2.24, 2.45) is 11.8 Å². The lowest BCUT2D eigenvalue weighted by Gasteiger charge is -2.31. The zero-order valence-corrected chi connectivity index (χ0v) is 13.5. The van der Waals surface area contributed by atoms with Crippen LogP contribution in [-0.2, 0) is 9.53 Å². The summed E-state index contributed by atoms with van der Waals surface area (Å²) in [6, 6.07) is 0. The van der Waals surface area contributed by atoms with E-state index < -0.39 is 0 Å². The topological polar surface area (TPSA) is 41.6 Å². The summed E-state index contributed by atoms with van der Waals surface area (Å²) < 4.78 is 5.21. The molecule has 1 N–H and O–H groups in total. The Morgan fingerprint density at radius 3 is 2.65 bits per heavy atom. The van der Waals surface area contributed by atoms with Crippen molar-refractivity contribution in [1.82, 2.24) is 10.2 Å². The summed E-state index contributed by atoms with van der Waals surface area (Å²) in [4.78, 5) is 13.9. The maximum atomic E-state index is 11.6. The van der Waals surface area contributed by atoms with Gasteiger partial charge in [-0.1, -0.05) is 27.2 Å². The number of likely N-dealkylation sites (tertiary alicyclic amines) is 1. The fourth-order valence-electron chi connectivity index (χ4n) is 2.48. The molecule has 1 heterocycles. The molecule has 0 radical (unpaired) electrons. The van der Waals surface area contributed by atoms with Gasteiger partial charge in [0.25, 0.3) is 0 Å². The maximum Gasteiger partial charge on any atom is 0.320 e. The van der Waals surface area contributed by atoms with Crippen molar-refractivity contribution in [1.29, 1.82) is 0 Å². The van der Waals surface area contributed by atoms with Gasteiger partial charge in [0, 0.05) is 0 Å². The number of carbonyl (C=O) groups excluding carboxylic acids is 1. The van der Waals surface area contributed by atoms with Crippen LogP contribution in [0.25, 0.3) is 0 Å². The molecule has 4 nitrogen and oxygen atoms in total. The van der Waals surface area contributed by atoms with Gasteiger partial charge in [-0.05, 0) is 57.3 Å². The standard InChI is InChI=1S/C16H32N2O2/c1-4-5-10-20-16(19)13-18-8-6-15(7-9-18)12-17-11-14(2)3/h14-15,17H,4-13H2,1-3H3. The fraction of sp³-hybridized carbons (Fsp3) is 0.938. The van der Waals surface area contributed by atoms with E-state index in [1.54, 1.807) is 0 Å². The predicted octanol–water partition coefficient (Wildman–Crippen LogP) is 2.29. The summed E-state index contributed by atoms with van der Waals surface area (Å²) in [7, 11) is 0. The van der Waals surface area contributed by atoms with Gasteiger partial charge in [-0.2, -0.15) is 0 Å². The van der Waals surface area contributed by atoms with Gasteiger partial charge in [0.2, 0.25) is 0 Å². The first-order valence-corrected chi connectivity index (χ1v) is 8.20. The van der Waals surface area contributed by atoms with Crippen LogP contribution < -0.4 is 5.32 Å². The van der Waals surface area contributed by atoms with Gasteiger partial charge in [0.05, 0.1) is 13.2 Å². The normalized spacial score (nSPS) is 17.6. The Morgan fingerprint density at radius 2 is 2.05 bits per heavy atom. The van der Waals surface area contributed by atoms with E-state index in [0.29, 0.717) is 19.1 Å². The first-order chi connectivity index (χ1) is 9.61. The summed E-state index contributed by atoms with van der Waals surface area (Å²) in [5.74, 6) is 1.42. The third-order valence-corrected chi connectivity index (χ3v) is 3.81. The Morgan fingerprint density at radius 1 is 1.35 bits per heavy atom. The molecule has 1 saturated heterocycles. The summed E-state index contributed by atoms with van der Waals surface area (Å²) in [5.41, 5.74) is 0. The van der Waals surface area contributed by atoms with Gasteiger partial charge < -0.3 is 10.1 Å². The SMILES string of the molecule is CCCCOC(=O)CN1CCC(CNCC(C)C)CC1. The highest BCUT2D eigenvalue weighted by Crippen LogP contribution is 2.16. The number of carbonyl (C=O) groups is 1. The highest BCUT2D eigenvalue weighted by atomic mass is 16.5. The molecular weight excluding hydrogens is 252 g/mol. The van der Waals surface area contributed by atoms with E-state index in [-0.39, 0.29) is 5.97 Å². The molecule has 118 valence electrons. The van der Waals surface area contributed by atoms with Crippen LogP contribution >= 0.6 is 0 Å². The Bertz CT molecular complexity index is 261. The summed E-state index contributed by atoms with van der Waals surface area (Å²) in [5, 5.41) is 3.53. The molecule has 0 aliphatic carbocycles. The molecule has 0 aromatic heterocycles. The van der Waals surface area contributed by atoms with Gasteiger partial charge in [0.15, 0.2) is 0 Å². The minimum atomic E-state index is -0.0603. The van der Waals surface area contributed by atoms with Crippen LogP contribution in [0.4, 0.5) is 0 Å². The Hall–Kier alpha value is -0.610. The molecule has 1 aliphatic heterocycles. The lowest BCUT2D eigenvalue weighted by atomic mass is 9.96. The van der Waals surface area contributed by atoms with Crippen LogP contribution in [0.15, 0.2) is 0 Å². The van der Waals surface area contributed by atoms with E-state index >= 15 is 0 Å². The van der Waals surface area contributed by atoms with Crippen LogP contribution in [0.1, 0.15) is 46.5 Å². The van der Waals surface area contributed by atoms with Crippen molar-refractivity contribution < 1.29 is 9.53 Å². The molecule has 20 heavy (non-hydrogen) atoms. The number of piperidine rings is 1. The molecule has 0 amide bonds. The molecule has 1 fully saturated rings. The van der Waals surface area contributed by atoms with E-state index in [1.165, 1.54) is 12.8 Å². The molecular formula is C16H32N2O2. The van der Waals surface area contributed by atoms with Gasteiger partial charge in [-0.15, -0.1) is 0 Å². The summed E-state index contributed by atoms with van der Waals surface area (Å²) >= 11 is 0. The molecule has 0 spiro atoms. The second kappa shape index (κ2) is 10.2. The van der Waals surface area contributed by atoms with E-state index in [9.17, 15) is 4.79 Å². The van der Waals surface area contributed by atoms with E-state index in [0.717, 1.165) is 44.9 Å². The molecule has 1 aliphatic rings. The molecule has 0 saturated carbocycles. The number of nitrogens with zero attached hydrogens (tertiary/aromatic N) is 1. The molecule has 1 rings (SSSR count). The smallest absolute Gasteiger partial charge is 0.320 e. The van der Waals surface area contributed by atoms with Gasteiger partial charge >= 0.3 is 5.97 Å². The lowest BCUT2D eigenvalue weighted by Crippen LogP contribution is -2.40. The second-order valence-corrected chi connectivity index (χ2v) is 6.35. The van der Waals surface area contributed by atoms with Gasteiger partial charge in [0.1, 0.15) is 0 Å². The largest absolute Gasteiger partial charge is 0.465 e. The number of hydrogen-bond donors (Lipinski definition) is 1. The predicted molar refractivity (Wildman–Crippen MR) is 82.7 cm³/mol. The molecule has 0 bridgehead atoms. The van der Waals surface area contributed by atoms with Crippen molar-refractivity contribution in [2.45, 2.75) is 46.5 Å². The van der Waals surface area contributed by atoms with Crippen molar-refractivity contribution in [3.63, 3.8) is 0 Å². The van der Waals surface area contributed by atoms with Crippen molar-refractivity contribution in [3.05, 3.63) is 0 Å². The minimum absolute atomic E-state index is 0.0603. The van der Waals surface area contributed by atoms with Crippen LogP contribution in [0.5, 0.6) is 0 Å². The zero-order valence-electron chi connectivity index (χ0n) is 13.5. The van der Waals surface area contributed by atoms with Crippen LogP contribution in [0.3, 0.4) is 0 Å². The average Bonchev–Trinajstić information content (AvgIpc) is 2.41. The van der Waals surface area contributed by atoms with E-state index in [2.05, 4.69) is 31.0 Å². The second-order valence-electron chi connectivity index (χ2n) is 6.35. The molecule has 0 atom stereocenters. The third-order valence-electron chi connectivity index (χ3n) is 3.81. The number of ether oxygens (including phenoxy) is 1. The van der Waals surface area contributed by atoms with Crippen LogP contribution in [-0.4, -0.2) is 50.2 Å².